The van der Waals surface area contributed by atoms with Crippen LogP contribution in [0.2, 0.25) is 0 Å². The van der Waals surface area contributed by atoms with E-state index in [1.54, 1.807) is 0 Å². The second kappa shape index (κ2) is 9.50. The van der Waals surface area contributed by atoms with Crippen LogP contribution in [0.5, 0.6) is 0 Å². The fourth-order valence-corrected chi connectivity index (χ4v) is 2.68. The minimum absolute atomic E-state index is 0.0226. The molecule has 0 aliphatic carbocycles. The Labute approximate surface area is 142 Å². The zero-order chi connectivity index (χ0) is 17.2. The van der Waals surface area contributed by atoms with Crippen LogP contribution >= 0.6 is 0 Å². The zero-order valence-corrected chi connectivity index (χ0v) is 13.7. The highest BCUT2D eigenvalue weighted by Gasteiger charge is 2.21. The summed E-state index contributed by atoms with van der Waals surface area (Å²) in [7, 11) is 0. The molecule has 1 amide bonds. The second-order valence-electron chi connectivity index (χ2n) is 5.75. The molecule has 24 heavy (non-hydrogen) atoms. The molecule has 0 spiro atoms. The van der Waals surface area contributed by atoms with Crippen molar-refractivity contribution in [2.45, 2.75) is 31.6 Å². The molecule has 2 rings (SSSR count). The fourth-order valence-electron chi connectivity index (χ4n) is 2.68. The maximum atomic E-state index is 12.7. The maximum Gasteiger partial charge on any atom is 0.303 e. The number of hydrogen-bond acceptors (Lipinski definition) is 2. The number of rotatable bonds is 9. The van der Waals surface area contributed by atoms with Crippen molar-refractivity contribution in [3.05, 3.63) is 71.8 Å². The summed E-state index contributed by atoms with van der Waals surface area (Å²) in [5.74, 6) is -1.12. The lowest BCUT2D eigenvalue weighted by molar-refractivity contribution is -0.137. The second-order valence-corrected chi connectivity index (χ2v) is 5.75. The third kappa shape index (κ3) is 5.54. The molecule has 0 aliphatic heterocycles. The van der Waals surface area contributed by atoms with Gasteiger partial charge in [-0.15, -0.1) is 0 Å². The first kappa shape index (κ1) is 17.7. The molecule has 0 aliphatic rings. The van der Waals surface area contributed by atoms with E-state index in [0.717, 1.165) is 24.0 Å². The van der Waals surface area contributed by atoms with Crippen molar-refractivity contribution in [2.24, 2.45) is 0 Å². The lowest BCUT2D eigenvalue weighted by Gasteiger charge is -2.18. The van der Waals surface area contributed by atoms with Gasteiger partial charge in [0.2, 0.25) is 5.91 Å². The summed E-state index contributed by atoms with van der Waals surface area (Å²) >= 11 is 0. The van der Waals surface area contributed by atoms with E-state index in [0.29, 0.717) is 13.0 Å². The van der Waals surface area contributed by atoms with Crippen LogP contribution in [0.25, 0.3) is 0 Å². The van der Waals surface area contributed by atoms with Gasteiger partial charge in [0.1, 0.15) is 0 Å². The predicted octanol–water partition coefficient (Wildman–Crippen LogP) is 3.58. The van der Waals surface area contributed by atoms with Gasteiger partial charge < -0.3 is 10.4 Å². The Morgan fingerprint density at radius 3 is 1.88 bits per heavy atom. The van der Waals surface area contributed by atoms with Crippen LogP contribution in [0, 0.1) is 0 Å². The van der Waals surface area contributed by atoms with Crippen LogP contribution < -0.4 is 5.32 Å². The van der Waals surface area contributed by atoms with Crippen molar-refractivity contribution in [1.29, 1.82) is 0 Å². The van der Waals surface area contributed by atoms with E-state index in [2.05, 4.69) is 5.32 Å². The smallest absolute Gasteiger partial charge is 0.303 e. The first-order valence-electron chi connectivity index (χ1n) is 8.28. The van der Waals surface area contributed by atoms with Gasteiger partial charge in [0.05, 0.1) is 5.92 Å². The number of benzene rings is 2. The molecule has 0 heterocycles. The number of hydrogen-bond donors (Lipinski definition) is 2. The molecule has 2 aromatic carbocycles. The third-order valence-corrected chi connectivity index (χ3v) is 3.89. The molecule has 2 N–H and O–H groups in total. The average Bonchev–Trinajstić information content (AvgIpc) is 2.60. The number of carboxylic acid groups (broad SMARTS) is 1. The van der Waals surface area contributed by atoms with E-state index in [9.17, 15) is 9.59 Å². The van der Waals surface area contributed by atoms with Crippen LogP contribution in [-0.2, 0) is 9.59 Å². The van der Waals surface area contributed by atoms with Crippen molar-refractivity contribution < 1.29 is 14.7 Å². The summed E-state index contributed by atoms with van der Waals surface area (Å²) in [6.45, 7) is 0.564. The zero-order valence-electron chi connectivity index (χ0n) is 13.7. The van der Waals surface area contributed by atoms with Gasteiger partial charge in [-0.05, 0) is 24.0 Å². The number of carboxylic acids is 1. The Balaban J connectivity index is 1.95. The van der Waals surface area contributed by atoms with Gasteiger partial charge in [-0.25, -0.2) is 0 Å². The molecular formula is C20H23NO3. The largest absolute Gasteiger partial charge is 0.481 e. The van der Waals surface area contributed by atoms with E-state index >= 15 is 0 Å². The van der Waals surface area contributed by atoms with Gasteiger partial charge in [-0.3, -0.25) is 9.59 Å². The van der Waals surface area contributed by atoms with Crippen molar-refractivity contribution in [3.63, 3.8) is 0 Å². The van der Waals surface area contributed by atoms with E-state index in [4.69, 9.17) is 5.11 Å². The Morgan fingerprint density at radius 2 is 1.38 bits per heavy atom. The van der Waals surface area contributed by atoms with Crippen LogP contribution in [0.15, 0.2) is 60.7 Å². The molecule has 126 valence electrons. The quantitative estimate of drug-likeness (QED) is 0.693. The number of nitrogens with one attached hydrogen (secondary N) is 1. The summed E-state index contributed by atoms with van der Waals surface area (Å²) in [4.78, 5) is 23.2. The molecule has 4 heteroatoms. The predicted molar refractivity (Wildman–Crippen MR) is 93.8 cm³/mol. The van der Waals surface area contributed by atoms with Crippen LogP contribution in [0.4, 0.5) is 0 Å². The lowest BCUT2D eigenvalue weighted by atomic mass is 9.90. The van der Waals surface area contributed by atoms with Crippen LogP contribution in [-0.4, -0.2) is 23.5 Å². The summed E-state index contributed by atoms with van der Waals surface area (Å²) in [5, 5.41) is 11.6. The van der Waals surface area contributed by atoms with E-state index < -0.39 is 5.97 Å². The van der Waals surface area contributed by atoms with Crippen LogP contribution in [0.3, 0.4) is 0 Å². The van der Waals surface area contributed by atoms with Crippen molar-refractivity contribution >= 4 is 11.9 Å². The Morgan fingerprint density at radius 1 is 0.833 bits per heavy atom. The number of amides is 1. The number of carbonyl (C=O) groups excluding carboxylic acids is 1. The van der Waals surface area contributed by atoms with Gasteiger partial charge in [-0.2, -0.15) is 0 Å². The molecular weight excluding hydrogens is 302 g/mol. The highest BCUT2D eigenvalue weighted by molar-refractivity contribution is 5.87. The SMILES string of the molecule is O=C(O)CCCCCNC(=O)C(c1ccccc1)c1ccccc1. The highest BCUT2D eigenvalue weighted by atomic mass is 16.4. The minimum atomic E-state index is -0.771. The number of carbonyl (C=O) groups is 2. The monoisotopic (exact) mass is 325 g/mol. The Hall–Kier alpha value is -2.62. The summed E-state index contributed by atoms with van der Waals surface area (Å²) in [6.07, 6.45) is 2.42. The van der Waals surface area contributed by atoms with E-state index in [1.807, 2.05) is 60.7 Å². The van der Waals surface area contributed by atoms with Gasteiger partial charge in [0.15, 0.2) is 0 Å². The third-order valence-electron chi connectivity index (χ3n) is 3.89. The van der Waals surface area contributed by atoms with Crippen molar-refractivity contribution in [3.8, 4) is 0 Å². The fraction of sp³-hybridized carbons (Fsp3) is 0.300. The number of unbranched alkanes of at least 4 members (excludes halogenated alkanes) is 2. The molecule has 0 atom stereocenters. The normalized spacial score (nSPS) is 10.5. The summed E-state index contributed by atoms with van der Waals surface area (Å²) in [6, 6.07) is 19.5. The first-order chi connectivity index (χ1) is 11.7. The average molecular weight is 325 g/mol. The van der Waals surface area contributed by atoms with Gasteiger partial charge in [-0.1, -0.05) is 67.1 Å². The van der Waals surface area contributed by atoms with Gasteiger partial charge >= 0.3 is 5.97 Å². The Bertz CT molecular complexity index is 601. The highest BCUT2D eigenvalue weighted by Crippen LogP contribution is 2.24. The van der Waals surface area contributed by atoms with Gasteiger partial charge in [0.25, 0.3) is 0 Å². The lowest BCUT2D eigenvalue weighted by Crippen LogP contribution is -2.30. The van der Waals surface area contributed by atoms with E-state index in [-0.39, 0.29) is 18.2 Å². The van der Waals surface area contributed by atoms with Gasteiger partial charge in [0, 0.05) is 13.0 Å². The first-order valence-corrected chi connectivity index (χ1v) is 8.28. The molecule has 0 saturated carbocycles. The molecule has 0 fully saturated rings. The molecule has 0 unspecified atom stereocenters. The minimum Gasteiger partial charge on any atom is -0.481 e. The van der Waals surface area contributed by atoms with Crippen molar-refractivity contribution in [1.82, 2.24) is 5.32 Å². The van der Waals surface area contributed by atoms with E-state index in [1.165, 1.54) is 0 Å². The molecule has 2 aromatic rings. The molecule has 0 radical (unpaired) electrons. The summed E-state index contributed by atoms with van der Waals surface area (Å²) < 4.78 is 0. The maximum absolute atomic E-state index is 12.7. The van der Waals surface area contributed by atoms with Crippen molar-refractivity contribution in [2.75, 3.05) is 6.54 Å². The number of aliphatic carboxylic acids is 1. The molecule has 0 saturated heterocycles. The molecule has 0 bridgehead atoms. The Kier molecular flexibility index (Phi) is 7.02. The topological polar surface area (TPSA) is 66.4 Å². The van der Waals surface area contributed by atoms with Crippen LogP contribution in [0.1, 0.15) is 42.7 Å². The summed E-state index contributed by atoms with van der Waals surface area (Å²) in [5.41, 5.74) is 1.93. The molecule has 4 nitrogen and oxygen atoms in total. The standard InChI is InChI=1S/C20H23NO3/c22-18(23)14-8-3-9-15-21-20(24)19(16-10-4-1-5-11-16)17-12-6-2-7-13-17/h1-2,4-7,10-13,19H,3,8-9,14-15H2,(H,21,24)(H,22,23). The molecule has 0 aromatic heterocycles.